The van der Waals surface area contributed by atoms with Crippen molar-refractivity contribution in [3.05, 3.63) is 11.1 Å². The molecule has 0 spiro atoms. The summed E-state index contributed by atoms with van der Waals surface area (Å²) < 4.78 is 5.19. The van der Waals surface area contributed by atoms with E-state index in [-0.39, 0.29) is 5.78 Å². The summed E-state index contributed by atoms with van der Waals surface area (Å²) in [5.74, 6) is -1.87. The number of nitrogen functional groups attached to an aromatic ring is 1. The minimum Gasteiger partial charge on any atom is -0.459 e. The van der Waals surface area contributed by atoms with E-state index < -0.39 is 17.5 Å². The smallest absolute Gasteiger partial charge is 0.323 e. The van der Waals surface area contributed by atoms with E-state index >= 15 is 0 Å². The van der Waals surface area contributed by atoms with Gasteiger partial charge in [-0.1, -0.05) is 0 Å². The average molecular weight is 256 g/mol. The van der Waals surface area contributed by atoms with Crippen LogP contribution < -0.4 is 5.73 Å². The van der Waals surface area contributed by atoms with Gasteiger partial charge in [-0.05, 0) is 27.7 Å². The van der Waals surface area contributed by atoms with E-state index in [0.29, 0.717) is 10.8 Å². The molecular weight excluding hydrogens is 240 g/mol. The van der Waals surface area contributed by atoms with Crippen LogP contribution in [-0.4, -0.2) is 22.3 Å². The minimum atomic E-state index is -0.984. The van der Waals surface area contributed by atoms with Crippen LogP contribution in [0.5, 0.6) is 0 Å². The summed E-state index contributed by atoms with van der Waals surface area (Å²) in [5, 5.41) is 1.93. The highest BCUT2D eigenvalue weighted by Gasteiger charge is 2.32. The lowest BCUT2D eigenvalue weighted by molar-refractivity contribution is -0.158. The average Bonchev–Trinajstić information content (AvgIpc) is 2.47. The van der Waals surface area contributed by atoms with Crippen molar-refractivity contribution >= 4 is 28.2 Å². The number of hydrogen-bond acceptors (Lipinski definition) is 6. The Morgan fingerprint density at radius 3 is 2.41 bits per heavy atom. The van der Waals surface area contributed by atoms with Crippen LogP contribution in [0.15, 0.2) is 5.38 Å². The molecule has 0 saturated carbocycles. The fraction of sp³-hybridized carbons (Fsp3) is 0.545. The third-order valence-electron chi connectivity index (χ3n) is 1.88. The van der Waals surface area contributed by atoms with Crippen molar-refractivity contribution < 1.29 is 14.3 Å². The van der Waals surface area contributed by atoms with Gasteiger partial charge in [0.05, 0.1) is 5.69 Å². The molecule has 0 amide bonds. The Hall–Kier alpha value is -1.43. The molecule has 2 N–H and O–H groups in total. The number of nitrogens with two attached hydrogens (primary N) is 1. The zero-order chi connectivity index (χ0) is 13.2. The maximum Gasteiger partial charge on any atom is 0.323 e. The van der Waals surface area contributed by atoms with Crippen LogP contribution in [0.1, 0.15) is 39.3 Å². The SMILES string of the molecule is CC(=O)C(C(=O)OC(C)(C)C)c1csc(N)n1. The standard InChI is InChI=1S/C11H16N2O3S/c1-6(14)8(7-5-17-10(12)13-7)9(15)16-11(2,3)4/h5,8H,1-4H3,(H2,12,13). The Balaban J connectivity index is 2.95. The first kappa shape index (κ1) is 13.6. The van der Waals surface area contributed by atoms with E-state index in [1.165, 1.54) is 18.3 Å². The highest BCUT2D eigenvalue weighted by Crippen LogP contribution is 2.24. The Labute approximate surface area is 104 Å². The zero-order valence-electron chi connectivity index (χ0n) is 10.3. The molecule has 0 aliphatic rings. The van der Waals surface area contributed by atoms with Gasteiger partial charge in [0.25, 0.3) is 0 Å². The van der Waals surface area contributed by atoms with Crippen LogP contribution in [0.3, 0.4) is 0 Å². The summed E-state index contributed by atoms with van der Waals surface area (Å²) in [4.78, 5) is 27.4. The van der Waals surface area contributed by atoms with Crippen LogP contribution in [0.25, 0.3) is 0 Å². The molecular formula is C11H16N2O3S. The van der Waals surface area contributed by atoms with E-state index in [1.54, 1.807) is 26.2 Å². The molecule has 0 fully saturated rings. The molecule has 0 radical (unpaired) electrons. The van der Waals surface area contributed by atoms with Crippen LogP contribution in [0.2, 0.25) is 0 Å². The number of nitrogens with zero attached hydrogens (tertiary/aromatic N) is 1. The lowest BCUT2D eigenvalue weighted by Gasteiger charge is -2.22. The van der Waals surface area contributed by atoms with E-state index in [9.17, 15) is 9.59 Å². The molecule has 1 heterocycles. The van der Waals surface area contributed by atoms with Gasteiger partial charge in [0, 0.05) is 5.38 Å². The molecule has 0 aliphatic heterocycles. The Kier molecular flexibility index (Phi) is 3.87. The zero-order valence-corrected chi connectivity index (χ0v) is 11.1. The first-order valence-electron chi connectivity index (χ1n) is 5.15. The number of aromatic nitrogens is 1. The molecule has 1 aromatic heterocycles. The Morgan fingerprint density at radius 1 is 1.47 bits per heavy atom. The Bertz CT molecular complexity index is 434. The van der Waals surface area contributed by atoms with Gasteiger partial charge in [0.15, 0.2) is 11.0 Å². The van der Waals surface area contributed by atoms with Gasteiger partial charge in [-0.15, -0.1) is 11.3 Å². The van der Waals surface area contributed by atoms with Crippen molar-refractivity contribution in [2.45, 2.75) is 39.2 Å². The fourth-order valence-corrected chi connectivity index (χ4v) is 1.88. The molecule has 17 heavy (non-hydrogen) atoms. The van der Waals surface area contributed by atoms with Crippen LogP contribution in [0, 0.1) is 0 Å². The number of Topliss-reactive ketones (excluding diaryl/α,β-unsaturated/α-hetero) is 1. The summed E-state index contributed by atoms with van der Waals surface area (Å²) in [6.07, 6.45) is 0. The number of thiazole rings is 1. The molecule has 0 saturated heterocycles. The second-order valence-corrected chi connectivity index (χ2v) is 5.58. The number of esters is 1. The van der Waals surface area contributed by atoms with Crippen LogP contribution in [-0.2, 0) is 14.3 Å². The summed E-state index contributed by atoms with van der Waals surface area (Å²) in [5.41, 5.74) is 5.21. The van der Waals surface area contributed by atoms with E-state index in [1.807, 2.05) is 0 Å². The largest absolute Gasteiger partial charge is 0.459 e. The highest BCUT2D eigenvalue weighted by atomic mass is 32.1. The van der Waals surface area contributed by atoms with Crippen molar-refractivity contribution in [3.63, 3.8) is 0 Å². The number of rotatable bonds is 3. The van der Waals surface area contributed by atoms with Crippen molar-refractivity contribution in [3.8, 4) is 0 Å². The molecule has 0 bridgehead atoms. The maximum absolute atomic E-state index is 11.9. The molecule has 1 unspecified atom stereocenters. The van der Waals surface area contributed by atoms with Gasteiger partial charge in [0.2, 0.25) is 0 Å². The molecule has 5 nitrogen and oxygen atoms in total. The van der Waals surface area contributed by atoms with Gasteiger partial charge < -0.3 is 10.5 Å². The maximum atomic E-state index is 11.9. The molecule has 94 valence electrons. The van der Waals surface area contributed by atoms with Crippen LogP contribution >= 0.6 is 11.3 Å². The second kappa shape index (κ2) is 4.83. The number of carbonyl (C=O) groups excluding carboxylic acids is 2. The number of anilines is 1. The third kappa shape index (κ3) is 3.81. The van der Waals surface area contributed by atoms with Crippen molar-refractivity contribution in [2.75, 3.05) is 5.73 Å². The first-order valence-corrected chi connectivity index (χ1v) is 6.03. The third-order valence-corrected chi connectivity index (χ3v) is 2.58. The number of ether oxygens (including phenoxy) is 1. The van der Waals surface area contributed by atoms with E-state index in [0.717, 1.165) is 0 Å². The molecule has 0 aromatic carbocycles. The predicted octanol–water partition coefficient (Wildman–Crippen LogP) is 1.74. The lowest BCUT2D eigenvalue weighted by atomic mass is 10.0. The number of ketones is 1. The van der Waals surface area contributed by atoms with Gasteiger partial charge in [-0.25, -0.2) is 4.98 Å². The Morgan fingerprint density at radius 2 is 2.06 bits per heavy atom. The topological polar surface area (TPSA) is 82.3 Å². The molecule has 6 heteroatoms. The monoisotopic (exact) mass is 256 g/mol. The molecule has 1 aromatic rings. The number of hydrogen-bond donors (Lipinski definition) is 1. The molecule has 1 atom stereocenters. The van der Waals surface area contributed by atoms with Crippen molar-refractivity contribution in [2.24, 2.45) is 0 Å². The van der Waals surface area contributed by atoms with E-state index in [2.05, 4.69) is 4.98 Å². The fourth-order valence-electron chi connectivity index (χ4n) is 1.29. The van der Waals surface area contributed by atoms with E-state index in [4.69, 9.17) is 10.5 Å². The summed E-state index contributed by atoms with van der Waals surface area (Å²) in [6.45, 7) is 6.58. The second-order valence-electron chi connectivity index (χ2n) is 4.69. The van der Waals surface area contributed by atoms with Crippen molar-refractivity contribution in [1.82, 2.24) is 4.98 Å². The summed E-state index contributed by atoms with van der Waals surface area (Å²) in [6, 6.07) is 0. The van der Waals surface area contributed by atoms with Gasteiger partial charge in [-0.2, -0.15) is 0 Å². The molecule has 1 rings (SSSR count). The highest BCUT2D eigenvalue weighted by molar-refractivity contribution is 7.13. The van der Waals surface area contributed by atoms with Crippen molar-refractivity contribution in [1.29, 1.82) is 0 Å². The van der Waals surface area contributed by atoms with Gasteiger partial charge >= 0.3 is 5.97 Å². The number of carbonyl (C=O) groups is 2. The summed E-state index contributed by atoms with van der Waals surface area (Å²) >= 11 is 1.19. The first-order chi connectivity index (χ1) is 7.70. The normalized spacial score (nSPS) is 13.2. The minimum absolute atomic E-state index is 0.301. The van der Waals surface area contributed by atoms with Gasteiger partial charge in [-0.3, -0.25) is 9.59 Å². The van der Waals surface area contributed by atoms with Gasteiger partial charge in [0.1, 0.15) is 11.4 Å². The lowest BCUT2D eigenvalue weighted by Crippen LogP contribution is -2.30. The van der Waals surface area contributed by atoms with Crippen LogP contribution in [0.4, 0.5) is 5.13 Å². The molecule has 0 aliphatic carbocycles. The summed E-state index contributed by atoms with van der Waals surface area (Å²) in [7, 11) is 0. The predicted molar refractivity (Wildman–Crippen MR) is 65.8 cm³/mol. The quantitative estimate of drug-likeness (QED) is 0.658.